The summed E-state index contributed by atoms with van der Waals surface area (Å²) in [6, 6.07) is 5.77. The van der Waals surface area contributed by atoms with Crippen LogP contribution in [-0.4, -0.2) is 16.1 Å². The Morgan fingerprint density at radius 3 is 2.65 bits per heavy atom. The van der Waals surface area contributed by atoms with Crippen LogP contribution in [0.5, 0.6) is 0 Å². The van der Waals surface area contributed by atoms with Crippen LogP contribution in [0.3, 0.4) is 0 Å². The van der Waals surface area contributed by atoms with E-state index in [-0.39, 0.29) is 11.6 Å². The molecule has 2 aromatic rings. The third kappa shape index (κ3) is 2.05. The second-order valence-corrected chi connectivity index (χ2v) is 5.04. The van der Waals surface area contributed by atoms with E-state index in [1.807, 2.05) is 32.0 Å². The molecule has 0 aliphatic heterocycles. The van der Waals surface area contributed by atoms with Gasteiger partial charge < -0.3 is 5.11 Å². The molecule has 0 radical (unpaired) electrons. The Morgan fingerprint density at radius 1 is 1.35 bits per heavy atom. The minimum atomic E-state index is -0.976. The first-order valence-electron chi connectivity index (χ1n) is 5.32. The summed E-state index contributed by atoms with van der Waals surface area (Å²) in [6.07, 6.45) is 1.61. The van der Waals surface area contributed by atoms with Crippen molar-refractivity contribution in [3.05, 3.63) is 40.1 Å². The minimum Gasteiger partial charge on any atom is -0.477 e. The van der Waals surface area contributed by atoms with Crippen LogP contribution in [-0.2, 0) is 0 Å². The second kappa shape index (κ2) is 4.45. The van der Waals surface area contributed by atoms with Crippen molar-refractivity contribution in [2.75, 3.05) is 0 Å². The lowest BCUT2D eigenvalue weighted by Crippen LogP contribution is -2.07. The van der Waals surface area contributed by atoms with Crippen LogP contribution in [0.15, 0.2) is 28.9 Å². The number of halogens is 1. The number of aromatic carboxylic acids is 1. The van der Waals surface area contributed by atoms with Gasteiger partial charge in [0, 0.05) is 16.1 Å². The Bertz CT molecular complexity index is 593. The minimum absolute atomic E-state index is 0.117. The maximum absolute atomic E-state index is 11.2. The number of carboxylic acid groups (broad SMARTS) is 1. The highest BCUT2D eigenvalue weighted by Crippen LogP contribution is 2.31. The predicted octanol–water partition coefficient (Wildman–Crippen LogP) is 3.82. The van der Waals surface area contributed by atoms with E-state index in [1.54, 1.807) is 6.20 Å². The molecule has 1 N–H and O–H groups in total. The van der Waals surface area contributed by atoms with Crippen molar-refractivity contribution in [3.8, 4) is 0 Å². The van der Waals surface area contributed by atoms with Gasteiger partial charge in [0.2, 0.25) is 0 Å². The number of aromatic nitrogens is 1. The molecule has 2 rings (SSSR count). The number of nitrogens with zero attached hydrogens (tertiary/aromatic N) is 1. The molecule has 17 heavy (non-hydrogen) atoms. The number of benzene rings is 1. The molecular weight excluding hydrogens is 282 g/mol. The van der Waals surface area contributed by atoms with Crippen LogP contribution in [0.2, 0.25) is 0 Å². The molecule has 0 bridgehead atoms. The summed E-state index contributed by atoms with van der Waals surface area (Å²) in [4.78, 5) is 15.2. The van der Waals surface area contributed by atoms with Crippen LogP contribution in [0.25, 0.3) is 10.8 Å². The van der Waals surface area contributed by atoms with E-state index in [0.717, 1.165) is 20.8 Å². The molecule has 0 aliphatic carbocycles. The third-order valence-corrected chi connectivity index (χ3v) is 3.39. The molecule has 1 aromatic heterocycles. The van der Waals surface area contributed by atoms with Gasteiger partial charge in [0.25, 0.3) is 0 Å². The number of rotatable bonds is 2. The molecular formula is C13H12BrNO2. The summed E-state index contributed by atoms with van der Waals surface area (Å²) in [5.41, 5.74) is 0.932. The zero-order chi connectivity index (χ0) is 12.6. The normalized spacial score (nSPS) is 11.1. The molecule has 0 fully saturated rings. The molecule has 88 valence electrons. The van der Waals surface area contributed by atoms with E-state index in [2.05, 4.69) is 20.9 Å². The first kappa shape index (κ1) is 12.0. The van der Waals surface area contributed by atoms with E-state index in [4.69, 9.17) is 5.11 Å². The average molecular weight is 294 g/mol. The van der Waals surface area contributed by atoms with Crippen molar-refractivity contribution in [3.63, 3.8) is 0 Å². The second-order valence-electron chi connectivity index (χ2n) is 4.18. The van der Waals surface area contributed by atoms with Crippen molar-refractivity contribution in [2.45, 2.75) is 19.8 Å². The predicted molar refractivity (Wildman–Crippen MR) is 70.5 cm³/mol. The summed E-state index contributed by atoms with van der Waals surface area (Å²) in [5.74, 6) is -0.859. The van der Waals surface area contributed by atoms with Crippen LogP contribution >= 0.6 is 15.9 Å². The highest BCUT2D eigenvalue weighted by atomic mass is 79.9. The molecule has 1 aromatic carbocycles. The van der Waals surface area contributed by atoms with Gasteiger partial charge in [0.15, 0.2) is 5.69 Å². The fourth-order valence-electron chi connectivity index (χ4n) is 1.98. The molecule has 0 amide bonds. The van der Waals surface area contributed by atoms with Crippen LogP contribution < -0.4 is 0 Å². The van der Waals surface area contributed by atoms with Crippen molar-refractivity contribution < 1.29 is 9.90 Å². The molecule has 0 saturated heterocycles. The molecule has 3 nitrogen and oxygen atoms in total. The lowest BCUT2D eigenvalue weighted by Gasteiger charge is -2.13. The van der Waals surface area contributed by atoms with Crippen LogP contribution in [0, 0.1) is 0 Å². The Kier molecular flexibility index (Phi) is 3.15. The molecule has 4 heteroatoms. The summed E-state index contributed by atoms with van der Waals surface area (Å²) in [7, 11) is 0. The van der Waals surface area contributed by atoms with Gasteiger partial charge in [0.1, 0.15) is 0 Å². The largest absolute Gasteiger partial charge is 0.477 e. The quantitative estimate of drug-likeness (QED) is 0.916. The van der Waals surface area contributed by atoms with Gasteiger partial charge in [-0.1, -0.05) is 41.9 Å². The number of hydrogen-bond acceptors (Lipinski definition) is 2. The highest BCUT2D eigenvalue weighted by molar-refractivity contribution is 9.10. The van der Waals surface area contributed by atoms with Crippen molar-refractivity contribution in [1.82, 2.24) is 4.98 Å². The fraction of sp³-hybridized carbons (Fsp3) is 0.231. The molecule has 0 saturated carbocycles. The smallest absolute Gasteiger partial charge is 0.354 e. The first-order valence-corrected chi connectivity index (χ1v) is 6.12. The van der Waals surface area contributed by atoms with Crippen molar-refractivity contribution in [2.24, 2.45) is 0 Å². The zero-order valence-electron chi connectivity index (χ0n) is 9.57. The lowest BCUT2D eigenvalue weighted by molar-refractivity contribution is 0.0689. The first-order chi connectivity index (χ1) is 8.02. The van der Waals surface area contributed by atoms with Gasteiger partial charge in [-0.15, -0.1) is 0 Å². The van der Waals surface area contributed by atoms with Gasteiger partial charge in [-0.2, -0.15) is 0 Å². The SMILES string of the molecule is CC(C)c1c(C(=O)O)ncc2c(Br)cccc12. The van der Waals surface area contributed by atoms with Gasteiger partial charge in [-0.25, -0.2) is 9.78 Å². The van der Waals surface area contributed by atoms with Gasteiger partial charge in [-0.05, 0) is 22.9 Å². The third-order valence-electron chi connectivity index (χ3n) is 2.70. The zero-order valence-corrected chi connectivity index (χ0v) is 11.2. The number of fused-ring (bicyclic) bond motifs is 1. The number of hydrogen-bond donors (Lipinski definition) is 1. The molecule has 0 aliphatic rings. The Labute approximate surface area is 108 Å². The Morgan fingerprint density at radius 2 is 2.06 bits per heavy atom. The van der Waals surface area contributed by atoms with Gasteiger partial charge >= 0.3 is 5.97 Å². The summed E-state index contributed by atoms with van der Waals surface area (Å²) < 4.78 is 0.932. The standard InChI is InChI=1S/C13H12BrNO2/c1-7(2)11-8-4-3-5-10(14)9(8)6-15-12(11)13(16)17/h3-7H,1-2H3,(H,16,17). The van der Waals surface area contributed by atoms with Crippen LogP contribution in [0.1, 0.15) is 35.8 Å². The summed E-state index contributed by atoms with van der Waals surface area (Å²) in [5, 5.41) is 11.1. The Balaban J connectivity index is 2.89. The monoisotopic (exact) mass is 293 g/mol. The molecule has 0 unspecified atom stereocenters. The highest BCUT2D eigenvalue weighted by Gasteiger charge is 2.18. The molecule has 0 spiro atoms. The van der Waals surface area contributed by atoms with Crippen LogP contribution in [0.4, 0.5) is 0 Å². The fourth-order valence-corrected chi connectivity index (χ4v) is 2.45. The van der Waals surface area contributed by atoms with Gasteiger partial charge in [-0.3, -0.25) is 0 Å². The maximum atomic E-state index is 11.2. The molecule has 1 heterocycles. The topological polar surface area (TPSA) is 50.2 Å². The number of carbonyl (C=O) groups is 1. The lowest BCUT2D eigenvalue weighted by atomic mass is 9.95. The Hall–Kier alpha value is -1.42. The maximum Gasteiger partial charge on any atom is 0.354 e. The van der Waals surface area contributed by atoms with E-state index in [9.17, 15) is 4.79 Å². The van der Waals surface area contributed by atoms with Crippen molar-refractivity contribution >= 4 is 32.7 Å². The van der Waals surface area contributed by atoms with E-state index in [1.165, 1.54) is 0 Å². The number of carboxylic acids is 1. The van der Waals surface area contributed by atoms with Crippen molar-refractivity contribution in [1.29, 1.82) is 0 Å². The van der Waals surface area contributed by atoms with E-state index >= 15 is 0 Å². The van der Waals surface area contributed by atoms with E-state index in [0.29, 0.717) is 0 Å². The average Bonchev–Trinajstić information content (AvgIpc) is 2.27. The number of pyridine rings is 1. The van der Waals surface area contributed by atoms with E-state index < -0.39 is 5.97 Å². The molecule has 0 atom stereocenters. The summed E-state index contributed by atoms with van der Waals surface area (Å²) >= 11 is 3.45. The van der Waals surface area contributed by atoms with Gasteiger partial charge in [0.05, 0.1) is 0 Å². The summed E-state index contributed by atoms with van der Waals surface area (Å²) in [6.45, 7) is 3.95.